The summed E-state index contributed by atoms with van der Waals surface area (Å²) in [4.78, 5) is 24.6. The first kappa shape index (κ1) is 14.0. The summed E-state index contributed by atoms with van der Waals surface area (Å²) in [7, 11) is 0. The van der Waals surface area contributed by atoms with E-state index >= 15 is 0 Å². The van der Waals surface area contributed by atoms with Crippen molar-refractivity contribution in [3.8, 4) is 0 Å². The van der Waals surface area contributed by atoms with E-state index in [9.17, 15) is 4.79 Å². The second-order valence-electron chi connectivity index (χ2n) is 4.49. The number of carbonyl (C=O) groups excluding carboxylic acids is 1. The van der Waals surface area contributed by atoms with Gasteiger partial charge in [0, 0.05) is 5.56 Å². The standard InChI is InChI=1S/C14H10Cl2N4O/c1-8-17-11-12(15)18-14(16)19-13(11)20(8)7-10(21)9-5-3-2-4-6-9/h2-6H,7H2,1H3. The lowest BCUT2D eigenvalue weighted by molar-refractivity contribution is 0.0972. The van der Waals surface area contributed by atoms with Crippen molar-refractivity contribution in [2.24, 2.45) is 0 Å². The SMILES string of the molecule is Cc1nc2c(Cl)nc(Cl)nc2n1CC(=O)c1ccccc1. The molecule has 2 heterocycles. The van der Waals surface area contributed by atoms with Crippen LogP contribution in [0, 0.1) is 6.92 Å². The molecule has 0 N–H and O–H groups in total. The van der Waals surface area contributed by atoms with Crippen LogP contribution in [0.4, 0.5) is 0 Å². The van der Waals surface area contributed by atoms with E-state index in [-0.39, 0.29) is 22.8 Å². The summed E-state index contributed by atoms with van der Waals surface area (Å²) in [5.74, 6) is 0.594. The van der Waals surface area contributed by atoms with Gasteiger partial charge in [0.05, 0.1) is 6.54 Å². The van der Waals surface area contributed by atoms with Crippen LogP contribution < -0.4 is 0 Å². The van der Waals surface area contributed by atoms with Crippen molar-refractivity contribution in [1.29, 1.82) is 0 Å². The zero-order chi connectivity index (χ0) is 15.0. The maximum atomic E-state index is 12.3. The Hall–Kier alpha value is -1.98. The fourth-order valence-electron chi connectivity index (χ4n) is 2.10. The Kier molecular flexibility index (Phi) is 3.61. The van der Waals surface area contributed by atoms with Crippen LogP contribution in [0.25, 0.3) is 11.2 Å². The molecule has 3 aromatic rings. The first-order valence-electron chi connectivity index (χ1n) is 6.20. The Morgan fingerprint density at radius 2 is 1.86 bits per heavy atom. The molecule has 106 valence electrons. The Bertz CT molecular complexity index is 830. The van der Waals surface area contributed by atoms with E-state index in [0.717, 1.165) is 0 Å². The maximum Gasteiger partial charge on any atom is 0.225 e. The summed E-state index contributed by atoms with van der Waals surface area (Å²) >= 11 is 11.8. The van der Waals surface area contributed by atoms with Crippen LogP contribution >= 0.6 is 23.2 Å². The number of hydrogen-bond donors (Lipinski definition) is 0. The number of hydrogen-bond acceptors (Lipinski definition) is 4. The summed E-state index contributed by atoms with van der Waals surface area (Å²) in [5, 5.41) is 0.208. The first-order chi connectivity index (χ1) is 10.1. The number of rotatable bonds is 3. The highest BCUT2D eigenvalue weighted by Crippen LogP contribution is 2.22. The molecule has 0 fully saturated rings. The van der Waals surface area contributed by atoms with Crippen molar-refractivity contribution >= 4 is 40.1 Å². The van der Waals surface area contributed by atoms with Gasteiger partial charge in [0.1, 0.15) is 11.3 Å². The topological polar surface area (TPSA) is 60.7 Å². The molecule has 0 bridgehead atoms. The minimum atomic E-state index is -0.0381. The van der Waals surface area contributed by atoms with E-state index in [0.29, 0.717) is 22.6 Å². The average molecular weight is 321 g/mol. The average Bonchev–Trinajstić information content (AvgIpc) is 2.77. The van der Waals surface area contributed by atoms with Gasteiger partial charge in [-0.05, 0) is 18.5 Å². The number of aryl methyl sites for hydroxylation is 1. The fourth-order valence-corrected chi connectivity index (χ4v) is 2.51. The van der Waals surface area contributed by atoms with E-state index in [1.165, 1.54) is 0 Å². The van der Waals surface area contributed by atoms with Gasteiger partial charge in [-0.3, -0.25) is 4.79 Å². The summed E-state index contributed by atoms with van der Waals surface area (Å²) < 4.78 is 1.68. The van der Waals surface area contributed by atoms with E-state index in [1.807, 2.05) is 18.2 Å². The molecular formula is C14H10Cl2N4O. The number of imidazole rings is 1. The number of ketones is 1. The first-order valence-corrected chi connectivity index (χ1v) is 6.96. The number of aromatic nitrogens is 4. The van der Waals surface area contributed by atoms with Crippen molar-refractivity contribution < 1.29 is 4.79 Å². The largest absolute Gasteiger partial charge is 0.305 e. The normalized spacial score (nSPS) is 11.0. The summed E-state index contributed by atoms with van der Waals surface area (Å²) in [6.45, 7) is 1.90. The molecule has 3 rings (SSSR count). The summed E-state index contributed by atoms with van der Waals surface area (Å²) in [6.07, 6.45) is 0. The smallest absolute Gasteiger partial charge is 0.225 e. The van der Waals surface area contributed by atoms with Gasteiger partial charge in [0.15, 0.2) is 16.6 Å². The second-order valence-corrected chi connectivity index (χ2v) is 5.19. The van der Waals surface area contributed by atoms with Crippen molar-refractivity contribution in [2.45, 2.75) is 13.5 Å². The van der Waals surface area contributed by atoms with Gasteiger partial charge in [0.25, 0.3) is 0 Å². The van der Waals surface area contributed by atoms with E-state index in [4.69, 9.17) is 23.2 Å². The van der Waals surface area contributed by atoms with E-state index < -0.39 is 0 Å². The predicted molar refractivity (Wildman–Crippen MR) is 80.9 cm³/mol. The molecule has 5 nitrogen and oxygen atoms in total. The highest BCUT2D eigenvalue weighted by Gasteiger charge is 2.17. The van der Waals surface area contributed by atoms with Crippen LogP contribution in [0.1, 0.15) is 16.2 Å². The quantitative estimate of drug-likeness (QED) is 0.422. The molecule has 0 atom stereocenters. The number of benzene rings is 1. The van der Waals surface area contributed by atoms with Gasteiger partial charge < -0.3 is 4.57 Å². The van der Waals surface area contributed by atoms with Crippen LogP contribution in [0.5, 0.6) is 0 Å². The summed E-state index contributed by atoms with van der Waals surface area (Å²) in [6, 6.07) is 9.04. The van der Waals surface area contributed by atoms with Crippen LogP contribution in [0.3, 0.4) is 0 Å². The number of nitrogens with zero attached hydrogens (tertiary/aromatic N) is 4. The molecule has 0 aliphatic rings. The fraction of sp³-hybridized carbons (Fsp3) is 0.143. The second kappa shape index (κ2) is 5.42. The lowest BCUT2D eigenvalue weighted by Crippen LogP contribution is -2.12. The van der Waals surface area contributed by atoms with E-state index in [2.05, 4.69) is 15.0 Å². The Labute approximate surface area is 130 Å². The number of carbonyl (C=O) groups is 1. The van der Waals surface area contributed by atoms with Crippen molar-refractivity contribution in [3.05, 3.63) is 52.2 Å². The van der Waals surface area contributed by atoms with Gasteiger partial charge in [-0.2, -0.15) is 4.98 Å². The Balaban J connectivity index is 2.05. The third-order valence-corrected chi connectivity index (χ3v) is 3.55. The van der Waals surface area contributed by atoms with Gasteiger partial charge in [-0.1, -0.05) is 41.9 Å². The molecule has 1 aromatic carbocycles. The molecular weight excluding hydrogens is 311 g/mol. The predicted octanol–water partition coefficient (Wildman–Crippen LogP) is 3.32. The van der Waals surface area contributed by atoms with Gasteiger partial charge in [0.2, 0.25) is 5.28 Å². The molecule has 0 saturated heterocycles. The monoisotopic (exact) mass is 320 g/mol. The van der Waals surface area contributed by atoms with Crippen molar-refractivity contribution in [2.75, 3.05) is 0 Å². The molecule has 0 aliphatic carbocycles. The molecule has 0 saturated carbocycles. The zero-order valence-corrected chi connectivity index (χ0v) is 12.6. The highest BCUT2D eigenvalue weighted by atomic mass is 35.5. The maximum absolute atomic E-state index is 12.3. The number of halogens is 2. The lowest BCUT2D eigenvalue weighted by atomic mass is 10.1. The molecule has 0 aliphatic heterocycles. The molecule has 0 unspecified atom stereocenters. The summed E-state index contributed by atoms with van der Waals surface area (Å²) in [5.41, 5.74) is 1.53. The highest BCUT2D eigenvalue weighted by molar-refractivity contribution is 6.35. The molecule has 21 heavy (non-hydrogen) atoms. The minimum Gasteiger partial charge on any atom is -0.305 e. The van der Waals surface area contributed by atoms with Crippen LogP contribution in [0.2, 0.25) is 10.4 Å². The third-order valence-electron chi connectivity index (χ3n) is 3.11. The minimum absolute atomic E-state index is 0.0285. The molecule has 0 radical (unpaired) electrons. The zero-order valence-electron chi connectivity index (χ0n) is 11.0. The third kappa shape index (κ3) is 2.62. The Morgan fingerprint density at radius 1 is 1.14 bits per heavy atom. The van der Waals surface area contributed by atoms with Crippen LogP contribution in [-0.4, -0.2) is 25.3 Å². The molecule has 7 heteroatoms. The Morgan fingerprint density at radius 3 is 2.57 bits per heavy atom. The molecule has 0 amide bonds. The molecule has 2 aromatic heterocycles. The lowest BCUT2D eigenvalue weighted by Gasteiger charge is -2.05. The van der Waals surface area contributed by atoms with Crippen LogP contribution in [-0.2, 0) is 6.54 Å². The van der Waals surface area contributed by atoms with Crippen LogP contribution in [0.15, 0.2) is 30.3 Å². The number of Topliss-reactive ketones (excluding diaryl/α,β-unsaturated/α-hetero) is 1. The van der Waals surface area contributed by atoms with Gasteiger partial charge in [-0.25, -0.2) is 9.97 Å². The molecule has 0 spiro atoms. The number of fused-ring (bicyclic) bond motifs is 1. The van der Waals surface area contributed by atoms with Crippen molar-refractivity contribution in [1.82, 2.24) is 19.5 Å². The van der Waals surface area contributed by atoms with E-state index in [1.54, 1.807) is 23.6 Å². The van der Waals surface area contributed by atoms with Gasteiger partial charge >= 0.3 is 0 Å². The van der Waals surface area contributed by atoms with Gasteiger partial charge in [-0.15, -0.1) is 0 Å². The van der Waals surface area contributed by atoms with Crippen molar-refractivity contribution in [3.63, 3.8) is 0 Å².